The minimum absolute atomic E-state index is 0.0366. The normalized spacial score (nSPS) is 12.0. The fourth-order valence-electron chi connectivity index (χ4n) is 2.28. The highest BCUT2D eigenvalue weighted by Crippen LogP contribution is 2.30. The zero-order valence-corrected chi connectivity index (χ0v) is 14.4. The average Bonchev–Trinajstić information content (AvgIpc) is 2.99. The molecule has 3 aromatic rings. The van der Waals surface area contributed by atoms with Crippen LogP contribution in [-0.4, -0.2) is 25.9 Å². The van der Waals surface area contributed by atoms with Gasteiger partial charge in [0, 0.05) is 16.5 Å². The number of benzene rings is 2. The van der Waals surface area contributed by atoms with Crippen molar-refractivity contribution in [3.63, 3.8) is 0 Å². The lowest BCUT2D eigenvalue weighted by atomic mass is 10.2. The predicted molar refractivity (Wildman–Crippen MR) is 92.0 cm³/mol. The van der Waals surface area contributed by atoms with E-state index < -0.39 is 20.7 Å². The van der Waals surface area contributed by atoms with Crippen molar-refractivity contribution in [2.45, 2.75) is 9.79 Å². The summed E-state index contributed by atoms with van der Waals surface area (Å²) >= 11 is 1.17. The van der Waals surface area contributed by atoms with E-state index in [1.165, 1.54) is 21.9 Å². The number of thioether (sulfide) groups is 1. The van der Waals surface area contributed by atoms with Gasteiger partial charge in [-0.3, -0.25) is 0 Å². The molecule has 0 radical (unpaired) electrons. The molecule has 1 aromatic heterocycles. The zero-order valence-electron chi connectivity index (χ0n) is 11.8. The first-order valence-corrected chi connectivity index (χ1v) is 10.4. The maximum absolute atomic E-state index is 12.7. The molecule has 0 fully saturated rings. The fraction of sp³-hybridized carbons (Fsp3) is 0.0667. The van der Waals surface area contributed by atoms with Gasteiger partial charge in [0.2, 0.25) is 0 Å². The molecule has 0 bridgehead atoms. The molecule has 0 N–H and O–H groups in total. The van der Waals surface area contributed by atoms with Gasteiger partial charge in [-0.15, -0.1) is 11.8 Å². The van der Waals surface area contributed by atoms with Crippen LogP contribution in [-0.2, 0) is 20.7 Å². The molecule has 0 aliphatic rings. The molecule has 0 aliphatic heterocycles. The van der Waals surface area contributed by atoms with Crippen LogP contribution in [0.2, 0.25) is 0 Å². The Morgan fingerprint density at radius 1 is 0.957 bits per heavy atom. The van der Waals surface area contributed by atoms with E-state index in [0.29, 0.717) is 10.9 Å². The summed E-state index contributed by atoms with van der Waals surface area (Å²) in [4.78, 5) is 0.946. The van der Waals surface area contributed by atoms with Crippen LogP contribution in [0.15, 0.2) is 70.6 Å². The van der Waals surface area contributed by atoms with Gasteiger partial charge in [-0.1, -0.05) is 24.3 Å². The lowest BCUT2D eigenvalue weighted by Gasteiger charge is -2.08. The van der Waals surface area contributed by atoms with Gasteiger partial charge in [-0.2, -0.15) is 0 Å². The number of thiol groups is 1. The van der Waals surface area contributed by atoms with E-state index >= 15 is 0 Å². The summed E-state index contributed by atoms with van der Waals surface area (Å²) in [5.41, 5.74) is 0.528. The molecule has 2 aromatic carbocycles. The summed E-state index contributed by atoms with van der Waals surface area (Å²) in [6, 6.07) is 15.1. The van der Waals surface area contributed by atoms with Crippen LogP contribution < -0.4 is 0 Å². The average molecular weight is 367 g/mol. The van der Waals surface area contributed by atoms with Gasteiger partial charge < -0.3 is 0 Å². The number of aromatic nitrogens is 1. The second kappa shape index (κ2) is 6.38. The summed E-state index contributed by atoms with van der Waals surface area (Å²) in [7, 11) is -6.18. The molecule has 1 heterocycles. The largest absolute Gasteiger partial charge is 0.268 e. The van der Waals surface area contributed by atoms with Crippen molar-refractivity contribution in [3.8, 4) is 0 Å². The molecular formula is C15H13NO4S3. The maximum Gasteiger partial charge on any atom is 0.268 e. The van der Waals surface area contributed by atoms with Gasteiger partial charge in [0.05, 0.1) is 15.5 Å². The third kappa shape index (κ3) is 3.15. The molecule has 0 amide bonds. The quantitative estimate of drug-likeness (QED) is 0.554. The summed E-state index contributed by atoms with van der Waals surface area (Å²) < 4.78 is 48.3. The molecule has 0 saturated heterocycles. The Balaban J connectivity index is 2.12. The molecule has 120 valence electrons. The van der Waals surface area contributed by atoms with Gasteiger partial charge >= 0.3 is 0 Å². The van der Waals surface area contributed by atoms with Crippen molar-refractivity contribution in [1.82, 2.24) is 3.97 Å². The maximum atomic E-state index is 12.7. The van der Waals surface area contributed by atoms with Gasteiger partial charge in [0.1, 0.15) is 10.7 Å². The molecule has 3 rings (SSSR count). The molecule has 0 spiro atoms. The smallest absolute Gasteiger partial charge is 0.241 e. The highest BCUT2D eigenvalue weighted by Gasteiger charge is 2.19. The van der Waals surface area contributed by atoms with E-state index in [9.17, 15) is 16.8 Å². The van der Waals surface area contributed by atoms with E-state index in [1.54, 1.807) is 54.6 Å². The SMILES string of the molecule is O=[SH](=O)CSc1cccc2c1ccn2S(=O)(=O)c1ccccc1. The van der Waals surface area contributed by atoms with E-state index in [0.717, 1.165) is 4.90 Å². The van der Waals surface area contributed by atoms with Crippen molar-refractivity contribution in [3.05, 3.63) is 60.8 Å². The number of nitrogens with zero attached hydrogens (tertiary/aromatic N) is 1. The molecule has 0 aliphatic carbocycles. The van der Waals surface area contributed by atoms with Crippen LogP contribution in [0.3, 0.4) is 0 Å². The molecule has 5 nitrogen and oxygen atoms in total. The van der Waals surface area contributed by atoms with Crippen LogP contribution in [0.5, 0.6) is 0 Å². The lowest BCUT2D eigenvalue weighted by Crippen LogP contribution is -2.11. The number of hydrogen-bond acceptors (Lipinski definition) is 5. The summed E-state index contributed by atoms with van der Waals surface area (Å²) in [6.07, 6.45) is 1.49. The molecule has 23 heavy (non-hydrogen) atoms. The highest BCUT2D eigenvalue weighted by atomic mass is 32.2. The van der Waals surface area contributed by atoms with Gasteiger partial charge in [-0.25, -0.2) is 20.8 Å². The first-order valence-electron chi connectivity index (χ1n) is 6.65. The first-order chi connectivity index (χ1) is 11.0. The van der Waals surface area contributed by atoms with Crippen LogP contribution in [0.4, 0.5) is 0 Å². The number of rotatable bonds is 5. The van der Waals surface area contributed by atoms with Gasteiger partial charge in [0.25, 0.3) is 10.0 Å². The fourth-order valence-corrected chi connectivity index (χ4v) is 5.13. The number of hydrogen-bond donors (Lipinski definition) is 1. The summed E-state index contributed by atoms with van der Waals surface area (Å²) in [5.74, 6) is 0. The Kier molecular flexibility index (Phi) is 4.47. The molecular weight excluding hydrogens is 354 g/mol. The van der Waals surface area contributed by atoms with Crippen LogP contribution in [0.1, 0.15) is 0 Å². The second-order valence-electron chi connectivity index (χ2n) is 4.72. The molecule has 8 heteroatoms. The Morgan fingerprint density at radius 3 is 2.39 bits per heavy atom. The zero-order chi connectivity index (χ0) is 16.4. The minimum atomic E-state index is -3.68. The summed E-state index contributed by atoms with van der Waals surface area (Å²) in [5, 5.41) is 0.680. The molecule has 0 saturated carbocycles. The summed E-state index contributed by atoms with van der Waals surface area (Å²) in [6.45, 7) is 0. The minimum Gasteiger partial charge on any atom is -0.241 e. The monoisotopic (exact) mass is 367 g/mol. The first kappa shape index (κ1) is 16.1. The third-order valence-electron chi connectivity index (χ3n) is 3.28. The van der Waals surface area contributed by atoms with Crippen molar-refractivity contribution in [1.29, 1.82) is 0 Å². The van der Waals surface area contributed by atoms with Crippen LogP contribution in [0.25, 0.3) is 10.9 Å². The topological polar surface area (TPSA) is 73.2 Å². The van der Waals surface area contributed by atoms with Crippen molar-refractivity contribution < 1.29 is 16.8 Å². The van der Waals surface area contributed by atoms with Crippen molar-refractivity contribution >= 4 is 43.4 Å². The van der Waals surface area contributed by atoms with E-state index in [2.05, 4.69) is 0 Å². The van der Waals surface area contributed by atoms with Crippen LogP contribution >= 0.6 is 11.8 Å². The molecule has 0 unspecified atom stereocenters. The van der Waals surface area contributed by atoms with E-state index in [4.69, 9.17) is 0 Å². The predicted octanol–water partition coefficient (Wildman–Crippen LogP) is 2.54. The van der Waals surface area contributed by atoms with Crippen molar-refractivity contribution in [2.75, 3.05) is 5.08 Å². The van der Waals surface area contributed by atoms with Gasteiger partial charge in [-0.05, 0) is 30.3 Å². The molecule has 0 atom stereocenters. The van der Waals surface area contributed by atoms with E-state index in [1.807, 2.05) is 0 Å². The van der Waals surface area contributed by atoms with E-state index in [-0.39, 0.29) is 9.98 Å². The van der Waals surface area contributed by atoms with Gasteiger partial charge in [0.15, 0.2) is 0 Å². The van der Waals surface area contributed by atoms with Crippen molar-refractivity contribution in [2.24, 2.45) is 0 Å². The second-order valence-corrected chi connectivity index (χ2v) is 8.97. The Bertz CT molecular complexity index is 1010. The Labute approximate surface area is 139 Å². The Morgan fingerprint density at radius 2 is 1.70 bits per heavy atom. The third-order valence-corrected chi connectivity index (χ3v) is 7.01. The number of fused-ring (bicyclic) bond motifs is 1. The standard InChI is InChI=1S/C15H13NO4S3/c17-22(18)11-21-15-8-4-7-14-13(15)9-10-16(14)23(19,20)12-5-2-1-3-6-12/h1-10,22H,11H2. The lowest BCUT2D eigenvalue weighted by molar-refractivity contribution is 0.589. The van der Waals surface area contributed by atoms with Crippen LogP contribution in [0, 0.1) is 0 Å². The highest BCUT2D eigenvalue weighted by molar-refractivity contribution is 8.07. The Hall–Kier alpha value is -1.77.